The zero-order valence-corrected chi connectivity index (χ0v) is 10.8. The van der Waals surface area contributed by atoms with Gasteiger partial charge in [-0.1, -0.05) is 19.4 Å². The molecule has 0 bridgehead atoms. The summed E-state index contributed by atoms with van der Waals surface area (Å²) < 4.78 is 13.2. The van der Waals surface area contributed by atoms with Crippen LogP contribution in [0.1, 0.15) is 37.3 Å². The summed E-state index contributed by atoms with van der Waals surface area (Å²) in [4.78, 5) is 0. The Labute approximate surface area is 103 Å². The average molecular weight is 235 g/mol. The van der Waals surface area contributed by atoms with E-state index in [1.807, 2.05) is 6.07 Å². The Balaban J connectivity index is 1.93. The maximum Gasteiger partial charge on any atom is 0.123 e. The van der Waals surface area contributed by atoms with Gasteiger partial charge in [0, 0.05) is 6.04 Å². The summed E-state index contributed by atoms with van der Waals surface area (Å²) in [5.74, 6) is 0.506. The third-order valence-electron chi connectivity index (χ3n) is 3.67. The van der Waals surface area contributed by atoms with E-state index in [1.54, 1.807) is 12.1 Å². The van der Waals surface area contributed by atoms with E-state index in [2.05, 4.69) is 19.2 Å². The van der Waals surface area contributed by atoms with Gasteiger partial charge in [-0.2, -0.15) is 0 Å². The minimum atomic E-state index is -0.115. The van der Waals surface area contributed by atoms with Crippen LogP contribution >= 0.6 is 0 Å². The third-order valence-corrected chi connectivity index (χ3v) is 3.67. The standard InChI is InChI=1S/C15H22FN/c1-3-12(10-17-15-6-7-15)8-13-9-14(16)5-4-11(13)2/h4-5,9,12,15,17H,3,6-8,10H2,1-2H3. The SMILES string of the molecule is CCC(CNC1CC1)Cc1cc(F)ccc1C. The van der Waals surface area contributed by atoms with Crippen molar-refractivity contribution in [3.8, 4) is 0 Å². The van der Waals surface area contributed by atoms with E-state index in [1.165, 1.54) is 18.4 Å². The number of benzene rings is 1. The van der Waals surface area contributed by atoms with Crippen molar-refractivity contribution in [2.45, 2.75) is 45.6 Å². The van der Waals surface area contributed by atoms with Gasteiger partial charge in [0.05, 0.1) is 0 Å². The van der Waals surface area contributed by atoms with Crippen molar-refractivity contribution < 1.29 is 4.39 Å². The second-order valence-electron chi connectivity index (χ2n) is 5.23. The Morgan fingerprint density at radius 1 is 1.41 bits per heavy atom. The minimum absolute atomic E-state index is 0.115. The second kappa shape index (κ2) is 5.63. The Hall–Kier alpha value is -0.890. The molecule has 0 aliphatic heterocycles. The van der Waals surface area contributed by atoms with Crippen LogP contribution in [0, 0.1) is 18.7 Å². The van der Waals surface area contributed by atoms with Gasteiger partial charge in [-0.3, -0.25) is 0 Å². The fraction of sp³-hybridized carbons (Fsp3) is 0.600. The highest BCUT2D eigenvalue weighted by atomic mass is 19.1. The lowest BCUT2D eigenvalue weighted by molar-refractivity contribution is 0.457. The smallest absolute Gasteiger partial charge is 0.123 e. The lowest BCUT2D eigenvalue weighted by Crippen LogP contribution is -2.25. The van der Waals surface area contributed by atoms with Crippen LogP contribution in [0.5, 0.6) is 0 Å². The van der Waals surface area contributed by atoms with E-state index in [4.69, 9.17) is 0 Å². The zero-order chi connectivity index (χ0) is 12.3. The van der Waals surface area contributed by atoms with Gasteiger partial charge in [-0.25, -0.2) is 4.39 Å². The van der Waals surface area contributed by atoms with Crippen LogP contribution in [0.15, 0.2) is 18.2 Å². The van der Waals surface area contributed by atoms with Crippen LogP contribution in [0.3, 0.4) is 0 Å². The molecule has 1 aliphatic rings. The lowest BCUT2D eigenvalue weighted by Gasteiger charge is -2.17. The normalized spacial score (nSPS) is 17.1. The number of halogens is 1. The van der Waals surface area contributed by atoms with Crippen molar-refractivity contribution in [1.82, 2.24) is 5.32 Å². The van der Waals surface area contributed by atoms with Gasteiger partial charge >= 0.3 is 0 Å². The summed E-state index contributed by atoms with van der Waals surface area (Å²) >= 11 is 0. The van der Waals surface area contributed by atoms with Gasteiger partial charge in [0.2, 0.25) is 0 Å². The molecule has 1 N–H and O–H groups in total. The fourth-order valence-corrected chi connectivity index (χ4v) is 2.15. The largest absolute Gasteiger partial charge is 0.314 e. The van der Waals surface area contributed by atoms with E-state index in [0.717, 1.165) is 31.0 Å². The maximum absolute atomic E-state index is 13.2. The molecule has 94 valence electrons. The predicted octanol–water partition coefficient (Wildman–Crippen LogP) is 3.45. The van der Waals surface area contributed by atoms with Gasteiger partial charge < -0.3 is 5.32 Å². The monoisotopic (exact) mass is 235 g/mol. The first-order chi connectivity index (χ1) is 8.19. The topological polar surface area (TPSA) is 12.0 Å². The molecule has 2 rings (SSSR count). The highest BCUT2D eigenvalue weighted by Gasteiger charge is 2.21. The molecule has 17 heavy (non-hydrogen) atoms. The summed E-state index contributed by atoms with van der Waals surface area (Å²) in [5, 5.41) is 3.57. The molecule has 0 spiro atoms. The van der Waals surface area contributed by atoms with E-state index >= 15 is 0 Å². The van der Waals surface area contributed by atoms with Crippen LogP contribution in [-0.4, -0.2) is 12.6 Å². The first-order valence-corrected chi connectivity index (χ1v) is 6.67. The summed E-state index contributed by atoms with van der Waals surface area (Å²) in [6.45, 7) is 5.35. The van der Waals surface area contributed by atoms with Gasteiger partial charge in [0.15, 0.2) is 0 Å². The molecule has 1 atom stereocenters. The molecule has 2 heteroatoms. The summed E-state index contributed by atoms with van der Waals surface area (Å²) in [6, 6.07) is 5.88. The molecule has 1 fully saturated rings. The number of rotatable bonds is 6. The number of hydrogen-bond acceptors (Lipinski definition) is 1. The van der Waals surface area contributed by atoms with Gasteiger partial charge in [0.25, 0.3) is 0 Å². The number of hydrogen-bond donors (Lipinski definition) is 1. The Morgan fingerprint density at radius 2 is 2.18 bits per heavy atom. The van der Waals surface area contributed by atoms with E-state index < -0.39 is 0 Å². The van der Waals surface area contributed by atoms with Crippen molar-refractivity contribution in [1.29, 1.82) is 0 Å². The molecule has 0 aromatic heterocycles. The van der Waals surface area contributed by atoms with Gasteiger partial charge in [-0.15, -0.1) is 0 Å². The second-order valence-corrected chi connectivity index (χ2v) is 5.23. The lowest BCUT2D eigenvalue weighted by atomic mass is 9.94. The molecule has 0 heterocycles. The molecular formula is C15H22FN. The van der Waals surface area contributed by atoms with Crippen LogP contribution in [0.4, 0.5) is 4.39 Å². The quantitative estimate of drug-likeness (QED) is 0.796. The minimum Gasteiger partial charge on any atom is -0.314 e. The van der Waals surface area contributed by atoms with Gasteiger partial charge in [0.1, 0.15) is 5.82 Å². The molecule has 0 saturated heterocycles. The van der Waals surface area contributed by atoms with Gasteiger partial charge in [-0.05, 0) is 61.9 Å². The fourth-order valence-electron chi connectivity index (χ4n) is 2.15. The third kappa shape index (κ3) is 3.81. The molecule has 0 radical (unpaired) electrons. The molecule has 1 nitrogen and oxygen atoms in total. The average Bonchev–Trinajstić information content (AvgIpc) is 3.12. The number of nitrogens with one attached hydrogen (secondary N) is 1. The first-order valence-electron chi connectivity index (χ1n) is 6.67. The van der Waals surface area contributed by atoms with E-state index in [-0.39, 0.29) is 5.82 Å². The molecule has 1 unspecified atom stereocenters. The highest BCUT2D eigenvalue weighted by molar-refractivity contribution is 5.27. The number of aryl methyl sites for hydroxylation is 1. The van der Waals surface area contributed by atoms with Crippen LogP contribution in [0.2, 0.25) is 0 Å². The Morgan fingerprint density at radius 3 is 2.82 bits per heavy atom. The summed E-state index contributed by atoms with van der Waals surface area (Å²) in [6.07, 6.45) is 4.79. The van der Waals surface area contributed by atoms with Crippen LogP contribution in [-0.2, 0) is 6.42 Å². The molecule has 1 aliphatic carbocycles. The highest BCUT2D eigenvalue weighted by Crippen LogP contribution is 2.21. The molecular weight excluding hydrogens is 213 g/mol. The van der Waals surface area contributed by atoms with Crippen LogP contribution in [0.25, 0.3) is 0 Å². The predicted molar refractivity (Wildman–Crippen MR) is 69.6 cm³/mol. The Bertz CT molecular complexity index is 371. The van der Waals surface area contributed by atoms with E-state index in [0.29, 0.717) is 5.92 Å². The van der Waals surface area contributed by atoms with Crippen molar-refractivity contribution in [3.63, 3.8) is 0 Å². The molecule has 1 aromatic rings. The van der Waals surface area contributed by atoms with Crippen molar-refractivity contribution in [3.05, 3.63) is 35.1 Å². The molecule has 1 aromatic carbocycles. The van der Waals surface area contributed by atoms with Crippen LogP contribution < -0.4 is 5.32 Å². The summed E-state index contributed by atoms with van der Waals surface area (Å²) in [5.41, 5.74) is 2.37. The molecule has 0 amide bonds. The summed E-state index contributed by atoms with van der Waals surface area (Å²) in [7, 11) is 0. The maximum atomic E-state index is 13.2. The van der Waals surface area contributed by atoms with Crippen molar-refractivity contribution >= 4 is 0 Å². The van der Waals surface area contributed by atoms with Crippen molar-refractivity contribution in [2.24, 2.45) is 5.92 Å². The zero-order valence-electron chi connectivity index (χ0n) is 10.8. The van der Waals surface area contributed by atoms with Crippen molar-refractivity contribution in [2.75, 3.05) is 6.54 Å². The molecule has 1 saturated carbocycles. The Kier molecular flexibility index (Phi) is 4.16. The van der Waals surface area contributed by atoms with E-state index in [9.17, 15) is 4.39 Å². The first kappa shape index (κ1) is 12.6.